The quantitative estimate of drug-likeness (QED) is 0.704. The fourth-order valence-corrected chi connectivity index (χ4v) is 3.74. The molecule has 1 saturated carbocycles. The molecule has 0 aromatic heterocycles. The van der Waals surface area contributed by atoms with E-state index in [0.29, 0.717) is 4.31 Å². The Bertz CT molecular complexity index is 354. The Balaban J connectivity index is 2.85. The normalized spacial score (nSPS) is 19.6. The van der Waals surface area contributed by atoms with E-state index in [9.17, 15) is 21.6 Å². The molecule has 0 spiro atoms. The van der Waals surface area contributed by atoms with Crippen molar-refractivity contribution in [3.63, 3.8) is 0 Å². The van der Waals surface area contributed by atoms with Gasteiger partial charge in [-0.1, -0.05) is 0 Å². The molecule has 102 valence electrons. The molecule has 8 heteroatoms. The second-order valence-corrected chi connectivity index (χ2v) is 6.66. The molecule has 0 radical (unpaired) electrons. The average molecular weight is 294 g/mol. The number of nitrogens with zero attached hydrogens (tertiary/aromatic N) is 1. The zero-order valence-electron chi connectivity index (χ0n) is 9.37. The van der Waals surface area contributed by atoms with Gasteiger partial charge in [-0.25, -0.2) is 8.42 Å². The van der Waals surface area contributed by atoms with Crippen molar-refractivity contribution in [2.24, 2.45) is 5.92 Å². The van der Waals surface area contributed by atoms with Crippen LogP contribution in [-0.2, 0) is 10.0 Å². The van der Waals surface area contributed by atoms with E-state index >= 15 is 0 Å². The molecule has 0 bridgehead atoms. The number of rotatable bonds is 6. The first-order chi connectivity index (χ1) is 7.67. The molecular weight excluding hydrogens is 279 g/mol. The maximum Gasteiger partial charge on any atom is 0.402 e. The molecule has 0 heterocycles. The molecule has 0 amide bonds. The van der Waals surface area contributed by atoms with Crippen LogP contribution >= 0.6 is 11.6 Å². The fraction of sp³-hybridized carbons (Fsp3) is 1.00. The fourth-order valence-electron chi connectivity index (χ4n) is 1.70. The molecule has 0 aromatic carbocycles. The Kier molecular flexibility index (Phi) is 4.71. The molecule has 3 nitrogen and oxygen atoms in total. The highest BCUT2D eigenvalue weighted by Crippen LogP contribution is 2.37. The van der Waals surface area contributed by atoms with Crippen molar-refractivity contribution < 1.29 is 21.6 Å². The van der Waals surface area contributed by atoms with Crippen LogP contribution < -0.4 is 0 Å². The van der Waals surface area contributed by atoms with E-state index in [4.69, 9.17) is 11.6 Å². The van der Waals surface area contributed by atoms with Crippen molar-refractivity contribution in [3.05, 3.63) is 0 Å². The van der Waals surface area contributed by atoms with Crippen molar-refractivity contribution in [2.45, 2.75) is 32.0 Å². The van der Waals surface area contributed by atoms with Gasteiger partial charge in [0.2, 0.25) is 10.0 Å². The topological polar surface area (TPSA) is 37.4 Å². The van der Waals surface area contributed by atoms with Gasteiger partial charge in [0.15, 0.2) is 0 Å². The molecule has 0 saturated heterocycles. The van der Waals surface area contributed by atoms with Gasteiger partial charge in [-0.2, -0.15) is 17.5 Å². The van der Waals surface area contributed by atoms with Crippen molar-refractivity contribution in [2.75, 3.05) is 18.2 Å². The summed E-state index contributed by atoms with van der Waals surface area (Å²) >= 11 is 5.31. The zero-order chi connectivity index (χ0) is 13.3. The van der Waals surface area contributed by atoms with Gasteiger partial charge in [-0.05, 0) is 25.7 Å². The van der Waals surface area contributed by atoms with Crippen LogP contribution in [0.3, 0.4) is 0 Å². The first-order valence-electron chi connectivity index (χ1n) is 5.29. The summed E-state index contributed by atoms with van der Waals surface area (Å²) in [7, 11) is -3.93. The van der Waals surface area contributed by atoms with Crippen LogP contribution in [0, 0.1) is 5.92 Å². The van der Waals surface area contributed by atoms with Gasteiger partial charge in [0.25, 0.3) is 0 Å². The minimum Gasteiger partial charge on any atom is -0.212 e. The molecule has 0 N–H and O–H groups in total. The van der Waals surface area contributed by atoms with Gasteiger partial charge in [0, 0.05) is 11.9 Å². The number of hydrogen-bond acceptors (Lipinski definition) is 2. The number of halogens is 4. The predicted octanol–water partition coefficient (Wildman–Crippen LogP) is 2.22. The summed E-state index contributed by atoms with van der Waals surface area (Å²) in [5, 5.41) is 0. The minimum atomic E-state index is -4.53. The summed E-state index contributed by atoms with van der Waals surface area (Å²) in [6.07, 6.45) is -2.96. The maximum atomic E-state index is 12.4. The zero-order valence-corrected chi connectivity index (χ0v) is 10.9. The van der Waals surface area contributed by atoms with Gasteiger partial charge in [0.05, 0.1) is 5.75 Å². The van der Waals surface area contributed by atoms with Crippen LogP contribution in [0.4, 0.5) is 13.2 Å². The van der Waals surface area contributed by atoms with Crippen molar-refractivity contribution in [1.82, 2.24) is 4.31 Å². The van der Waals surface area contributed by atoms with E-state index in [2.05, 4.69) is 0 Å². The van der Waals surface area contributed by atoms with E-state index in [1.165, 1.54) is 6.92 Å². The number of hydrogen-bond donors (Lipinski definition) is 0. The van der Waals surface area contributed by atoms with Crippen LogP contribution in [-0.4, -0.2) is 43.1 Å². The van der Waals surface area contributed by atoms with E-state index in [0.717, 1.165) is 12.8 Å². The molecule has 0 aromatic rings. The SMILES string of the molecule is CC(C1CC1)N(CC(F)(F)F)S(=O)(=O)CCCl. The van der Waals surface area contributed by atoms with Gasteiger partial charge in [-0.3, -0.25) is 0 Å². The average Bonchev–Trinajstić information content (AvgIpc) is 2.94. The molecule has 1 unspecified atom stereocenters. The van der Waals surface area contributed by atoms with Crippen molar-refractivity contribution in [3.8, 4) is 0 Å². The minimum absolute atomic E-state index is 0.0439. The molecule has 1 rings (SSSR count). The van der Waals surface area contributed by atoms with Crippen LogP contribution in [0.5, 0.6) is 0 Å². The predicted molar refractivity (Wildman–Crippen MR) is 59.5 cm³/mol. The Morgan fingerprint density at radius 1 is 1.41 bits per heavy atom. The van der Waals surface area contributed by atoms with E-state index in [1.807, 2.05) is 0 Å². The highest BCUT2D eigenvalue weighted by Gasteiger charge is 2.43. The van der Waals surface area contributed by atoms with Crippen LogP contribution in [0.2, 0.25) is 0 Å². The van der Waals surface area contributed by atoms with Gasteiger partial charge >= 0.3 is 6.18 Å². The summed E-state index contributed by atoms with van der Waals surface area (Å²) in [4.78, 5) is 0. The van der Waals surface area contributed by atoms with E-state index < -0.39 is 34.5 Å². The van der Waals surface area contributed by atoms with Crippen LogP contribution in [0.25, 0.3) is 0 Å². The third-order valence-electron chi connectivity index (χ3n) is 2.79. The Labute approximate surface area is 104 Å². The highest BCUT2D eigenvalue weighted by molar-refractivity contribution is 7.89. The van der Waals surface area contributed by atoms with E-state index in [1.54, 1.807) is 0 Å². The third kappa shape index (κ3) is 4.63. The first kappa shape index (κ1) is 15.0. The summed E-state index contributed by atoms with van der Waals surface area (Å²) in [6.45, 7) is 0.0963. The second kappa shape index (κ2) is 5.32. The summed E-state index contributed by atoms with van der Waals surface area (Å²) in [5.74, 6) is -0.613. The highest BCUT2D eigenvalue weighted by atomic mass is 35.5. The molecule has 1 aliphatic carbocycles. The Morgan fingerprint density at radius 2 is 1.94 bits per heavy atom. The van der Waals surface area contributed by atoms with Crippen LogP contribution in [0.15, 0.2) is 0 Å². The lowest BCUT2D eigenvalue weighted by atomic mass is 10.2. The Morgan fingerprint density at radius 3 is 2.29 bits per heavy atom. The lowest BCUT2D eigenvalue weighted by Crippen LogP contribution is -2.46. The summed E-state index contributed by atoms with van der Waals surface area (Å²) in [6, 6.07) is -0.607. The lowest BCUT2D eigenvalue weighted by molar-refractivity contribution is -0.139. The van der Waals surface area contributed by atoms with Gasteiger partial charge < -0.3 is 0 Å². The standard InChI is InChI=1S/C9H15ClF3NO2S/c1-7(8-2-3-8)14(6-9(11,12)13)17(15,16)5-4-10/h7-8H,2-6H2,1H3. The second-order valence-electron chi connectivity index (χ2n) is 4.24. The molecule has 1 fully saturated rings. The molecule has 1 atom stereocenters. The van der Waals surface area contributed by atoms with Gasteiger partial charge in [0.1, 0.15) is 6.54 Å². The number of sulfonamides is 1. The van der Waals surface area contributed by atoms with Crippen LogP contribution in [0.1, 0.15) is 19.8 Å². The smallest absolute Gasteiger partial charge is 0.212 e. The maximum absolute atomic E-state index is 12.4. The number of alkyl halides is 4. The molecule has 17 heavy (non-hydrogen) atoms. The monoisotopic (exact) mass is 293 g/mol. The molecule has 0 aliphatic heterocycles. The lowest BCUT2D eigenvalue weighted by Gasteiger charge is -2.28. The summed E-state index contributed by atoms with van der Waals surface area (Å²) < 4.78 is 61.1. The first-order valence-corrected chi connectivity index (χ1v) is 7.44. The van der Waals surface area contributed by atoms with Gasteiger partial charge in [-0.15, -0.1) is 11.6 Å². The molecule has 1 aliphatic rings. The molecular formula is C9H15ClF3NO2S. The largest absolute Gasteiger partial charge is 0.402 e. The van der Waals surface area contributed by atoms with Crippen molar-refractivity contribution in [1.29, 1.82) is 0 Å². The third-order valence-corrected chi connectivity index (χ3v) is 5.10. The Hall–Kier alpha value is -0.0100. The van der Waals surface area contributed by atoms with Crippen molar-refractivity contribution >= 4 is 21.6 Å². The summed E-state index contributed by atoms with van der Waals surface area (Å²) in [5.41, 5.74) is 0. The van der Waals surface area contributed by atoms with E-state index in [-0.39, 0.29) is 11.8 Å².